The molecule has 0 aromatic heterocycles. The zero-order valence-electron chi connectivity index (χ0n) is 11.7. The van der Waals surface area contributed by atoms with Gasteiger partial charge in [0.05, 0.1) is 12.3 Å². The Labute approximate surface area is 137 Å². The Morgan fingerprint density at radius 2 is 1.73 bits per heavy atom. The van der Waals surface area contributed by atoms with Crippen molar-refractivity contribution in [3.05, 3.63) is 77.2 Å². The number of nitrogens with zero attached hydrogens (tertiary/aromatic N) is 1. The standard InChI is InChI=1S/C16H13BrFNO2S/c1-22(20,21)19-10-15(17)13-4-2-3-5-14(13)16(19)11-6-8-12(18)9-7-11/h2-10,16H,1H3. The molecule has 0 saturated carbocycles. The number of fused-ring (bicyclic) bond motifs is 1. The minimum absolute atomic E-state index is 0.351. The molecule has 0 radical (unpaired) electrons. The third-order valence-corrected chi connectivity index (χ3v) is 5.29. The maximum absolute atomic E-state index is 13.2. The van der Waals surface area contributed by atoms with Gasteiger partial charge in [-0.05, 0) is 44.8 Å². The predicted molar refractivity (Wildman–Crippen MR) is 88.3 cm³/mol. The van der Waals surface area contributed by atoms with Gasteiger partial charge in [-0.15, -0.1) is 0 Å². The van der Waals surface area contributed by atoms with Crippen molar-refractivity contribution >= 4 is 30.4 Å². The lowest BCUT2D eigenvalue weighted by atomic mass is 9.92. The van der Waals surface area contributed by atoms with Crippen molar-refractivity contribution in [1.29, 1.82) is 0 Å². The van der Waals surface area contributed by atoms with Gasteiger partial charge in [0.25, 0.3) is 0 Å². The second-order valence-corrected chi connectivity index (χ2v) is 7.85. The van der Waals surface area contributed by atoms with E-state index in [9.17, 15) is 12.8 Å². The smallest absolute Gasteiger partial charge is 0.232 e. The summed E-state index contributed by atoms with van der Waals surface area (Å²) in [4.78, 5) is 0. The summed E-state index contributed by atoms with van der Waals surface area (Å²) in [5, 5.41) is 0. The Morgan fingerprint density at radius 3 is 2.36 bits per heavy atom. The first-order valence-corrected chi connectivity index (χ1v) is 9.22. The lowest BCUT2D eigenvalue weighted by Gasteiger charge is -2.34. The zero-order chi connectivity index (χ0) is 15.9. The van der Waals surface area contributed by atoms with Crippen molar-refractivity contribution < 1.29 is 12.8 Å². The van der Waals surface area contributed by atoms with Gasteiger partial charge >= 0.3 is 0 Å². The molecular formula is C16H13BrFNO2S. The summed E-state index contributed by atoms with van der Waals surface area (Å²) in [6.07, 6.45) is 2.72. The fourth-order valence-electron chi connectivity index (χ4n) is 2.60. The molecule has 0 spiro atoms. The highest BCUT2D eigenvalue weighted by molar-refractivity contribution is 9.15. The van der Waals surface area contributed by atoms with Gasteiger partial charge in [0.2, 0.25) is 10.0 Å². The van der Waals surface area contributed by atoms with Crippen LogP contribution in [0.15, 0.2) is 54.7 Å². The van der Waals surface area contributed by atoms with Crippen molar-refractivity contribution in [2.24, 2.45) is 0 Å². The number of rotatable bonds is 2. The van der Waals surface area contributed by atoms with Crippen molar-refractivity contribution in [3.8, 4) is 0 Å². The zero-order valence-corrected chi connectivity index (χ0v) is 14.1. The topological polar surface area (TPSA) is 37.4 Å². The first kappa shape index (κ1) is 15.2. The van der Waals surface area contributed by atoms with Crippen LogP contribution in [-0.4, -0.2) is 19.0 Å². The Balaban J connectivity index is 2.24. The summed E-state index contributed by atoms with van der Waals surface area (Å²) in [7, 11) is -3.48. The molecule has 1 heterocycles. The maximum Gasteiger partial charge on any atom is 0.232 e. The average Bonchev–Trinajstić information content (AvgIpc) is 2.47. The number of sulfonamides is 1. The molecule has 1 aliphatic rings. The van der Waals surface area contributed by atoms with E-state index in [2.05, 4.69) is 15.9 Å². The van der Waals surface area contributed by atoms with Crippen LogP contribution in [0.1, 0.15) is 22.7 Å². The van der Waals surface area contributed by atoms with Gasteiger partial charge < -0.3 is 0 Å². The van der Waals surface area contributed by atoms with E-state index in [1.54, 1.807) is 18.3 Å². The predicted octanol–water partition coefficient (Wildman–Crippen LogP) is 3.88. The van der Waals surface area contributed by atoms with E-state index in [1.807, 2.05) is 24.3 Å². The monoisotopic (exact) mass is 381 g/mol. The summed E-state index contributed by atoms with van der Waals surface area (Å²) in [5.41, 5.74) is 2.50. The molecule has 114 valence electrons. The Kier molecular flexibility index (Phi) is 3.82. The van der Waals surface area contributed by atoms with Crippen molar-refractivity contribution in [3.63, 3.8) is 0 Å². The summed E-state index contributed by atoms with van der Waals surface area (Å²) in [6, 6.07) is 13.0. The number of hydrogen-bond donors (Lipinski definition) is 0. The Hall–Kier alpha value is -1.66. The van der Waals surface area contributed by atoms with Gasteiger partial charge in [-0.1, -0.05) is 36.4 Å². The van der Waals surface area contributed by atoms with Gasteiger partial charge in [-0.2, -0.15) is 0 Å². The van der Waals surface area contributed by atoms with Gasteiger partial charge in [-0.25, -0.2) is 12.8 Å². The molecule has 1 atom stereocenters. The highest BCUT2D eigenvalue weighted by Crippen LogP contribution is 2.42. The molecule has 0 fully saturated rings. The van der Waals surface area contributed by atoms with Crippen LogP contribution in [0.4, 0.5) is 4.39 Å². The molecule has 1 aliphatic heterocycles. The van der Waals surface area contributed by atoms with Crippen molar-refractivity contribution in [1.82, 2.24) is 4.31 Å². The molecule has 2 aromatic carbocycles. The van der Waals surface area contributed by atoms with Crippen LogP contribution in [0.25, 0.3) is 4.48 Å². The van der Waals surface area contributed by atoms with E-state index in [-0.39, 0.29) is 5.82 Å². The first-order valence-electron chi connectivity index (χ1n) is 6.58. The Bertz CT molecular complexity index is 847. The number of halogens is 2. The van der Waals surface area contributed by atoms with Crippen LogP contribution < -0.4 is 0 Å². The van der Waals surface area contributed by atoms with E-state index < -0.39 is 16.1 Å². The summed E-state index contributed by atoms with van der Waals surface area (Å²) >= 11 is 3.43. The van der Waals surface area contributed by atoms with Crippen LogP contribution in [0.2, 0.25) is 0 Å². The van der Waals surface area contributed by atoms with Crippen LogP contribution in [0.5, 0.6) is 0 Å². The highest BCUT2D eigenvalue weighted by Gasteiger charge is 2.32. The third kappa shape index (κ3) is 2.68. The van der Waals surface area contributed by atoms with E-state index in [4.69, 9.17) is 0 Å². The highest BCUT2D eigenvalue weighted by atomic mass is 79.9. The van der Waals surface area contributed by atoms with E-state index in [0.29, 0.717) is 4.48 Å². The largest absolute Gasteiger partial charge is 0.264 e. The van der Waals surface area contributed by atoms with Crippen molar-refractivity contribution in [2.75, 3.05) is 6.26 Å². The van der Waals surface area contributed by atoms with E-state index >= 15 is 0 Å². The second kappa shape index (κ2) is 5.52. The third-order valence-electron chi connectivity index (χ3n) is 3.58. The summed E-state index contributed by atoms with van der Waals surface area (Å²) in [6.45, 7) is 0. The van der Waals surface area contributed by atoms with Gasteiger partial charge in [0.15, 0.2) is 0 Å². The molecule has 3 rings (SSSR count). The van der Waals surface area contributed by atoms with Crippen LogP contribution >= 0.6 is 15.9 Å². The lowest BCUT2D eigenvalue weighted by Crippen LogP contribution is -2.33. The molecule has 1 unspecified atom stereocenters. The fraction of sp³-hybridized carbons (Fsp3) is 0.125. The molecule has 3 nitrogen and oxygen atoms in total. The molecule has 0 aliphatic carbocycles. The molecule has 0 saturated heterocycles. The normalized spacial score (nSPS) is 17.9. The molecular weight excluding hydrogens is 369 g/mol. The summed E-state index contributed by atoms with van der Waals surface area (Å²) in [5.74, 6) is -0.351. The molecule has 0 bridgehead atoms. The minimum Gasteiger partial charge on any atom is -0.264 e. The van der Waals surface area contributed by atoms with Crippen molar-refractivity contribution in [2.45, 2.75) is 6.04 Å². The maximum atomic E-state index is 13.2. The van der Waals surface area contributed by atoms with Crippen LogP contribution in [-0.2, 0) is 10.0 Å². The fourth-order valence-corrected chi connectivity index (χ4v) is 4.24. The molecule has 6 heteroatoms. The SMILES string of the molecule is CS(=O)(=O)N1C=C(Br)c2ccccc2C1c1ccc(F)cc1. The Morgan fingerprint density at radius 1 is 1.09 bits per heavy atom. The van der Waals surface area contributed by atoms with Crippen LogP contribution in [0.3, 0.4) is 0 Å². The van der Waals surface area contributed by atoms with Gasteiger partial charge in [0, 0.05) is 10.7 Å². The first-order chi connectivity index (χ1) is 10.4. The lowest BCUT2D eigenvalue weighted by molar-refractivity contribution is 0.450. The van der Waals surface area contributed by atoms with Gasteiger partial charge in [-0.3, -0.25) is 4.31 Å². The number of benzene rings is 2. The molecule has 2 aromatic rings. The minimum atomic E-state index is -3.48. The van der Waals surface area contributed by atoms with E-state index in [1.165, 1.54) is 16.4 Å². The number of hydrogen-bond acceptors (Lipinski definition) is 2. The quantitative estimate of drug-likeness (QED) is 0.791. The molecule has 0 N–H and O–H groups in total. The molecule has 0 amide bonds. The van der Waals surface area contributed by atoms with Crippen LogP contribution in [0, 0.1) is 5.82 Å². The average molecular weight is 382 g/mol. The van der Waals surface area contributed by atoms with Gasteiger partial charge in [0.1, 0.15) is 5.82 Å². The second-order valence-electron chi connectivity index (χ2n) is 5.11. The molecule has 22 heavy (non-hydrogen) atoms. The summed E-state index contributed by atoms with van der Waals surface area (Å²) < 4.78 is 39.5. The van der Waals surface area contributed by atoms with E-state index in [0.717, 1.165) is 22.9 Å².